The van der Waals surface area contributed by atoms with Crippen LogP contribution in [0.2, 0.25) is 0 Å². The lowest BCUT2D eigenvalue weighted by molar-refractivity contribution is -0.143. The highest BCUT2D eigenvalue weighted by atomic mass is 16.5. The number of likely N-dealkylation sites (tertiary alicyclic amines) is 1. The van der Waals surface area contributed by atoms with Gasteiger partial charge in [0.15, 0.2) is 0 Å². The monoisotopic (exact) mass is 275 g/mol. The zero-order valence-corrected chi connectivity index (χ0v) is 12.6. The molecule has 3 heteroatoms. The second kappa shape index (κ2) is 6.89. The molecule has 0 aliphatic carbocycles. The molecule has 1 heterocycles. The highest BCUT2D eigenvalue weighted by Gasteiger charge is 2.36. The van der Waals surface area contributed by atoms with Gasteiger partial charge in [0, 0.05) is 18.5 Å². The molecule has 0 spiro atoms. The molecule has 110 valence electrons. The Morgan fingerprint density at radius 1 is 1.35 bits per heavy atom. The van der Waals surface area contributed by atoms with Crippen LogP contribution in [-0.4, -0.2) is 29.6 Å². The molecule has 1 aromatic rings. The quantitative estimate of drug-likeness (QED) is 0.745. The molecule has 0 N–H and O–H groups in total. The van der Waals surface area contributed by atoms with Gasteiger partial charge in [0.2, 0.25) is 0 Å². The molecular weight excluding hydrogens is 250 g/mol. The van der Waals surface area contributed by atoms with Crippen LogP contribution in [0.1, 0.15) is 45.1 Å². The lowest BCUT2D eigenvalue weighted by Crippen LogP contribution is -2.41. The largest absolute Gasteiger partial charge is 0.466 e. The van der Waals surface area contributed by atoms with Gasteiger partial charge in [-0.15, -0.1) is 0 Å². The Bertz CT molecular complexity index is 432. The number of carbonyl (C=O) groups is 1. The summed E-state index contributed by atoms with van der Waals surface area (Å²) >= 11 is 0. The van der Waals surface area contributed by atoms with Crippen molar-refractivity contribution >= 4 is 5.97 Å². The summed E-state index contributed by atoms with van der Waals surface area (Å²) in [6, 6.07) is 10.6. The van der Waals surface area contributed by atoms with E-state index in [1.807, 2.05) is 13.0 Å². The van der Waals surface area contributed by atoms with E-state index in [0.717, 1.165) is 19.5 Å². The summed E-state index contributed by atoms with van der Waals surface area (Å²) in [5.41, 5.74) is 1.47. The normalized spacial score (nSPS) is 22.9. The molecular formula is C17H25NO2. The van der Waals surface area contributed by atoms with Gasteiger partial charge in [-0.1, -0.05) is 30.3 Å². The van der Waals surface area contributed by atoms with Crippen LogP contribution >= 0.6 is 0 Å². The van der Waals surface area contributed by atoms with Gasteiger partial charge in [-0.2, -0.15) is 0 Å². The predicted molar refractivity (Wildman–Crippen MR) is 80.4 cm³/mol. The van der Waals surface area contributed by atoms with Crippen molar-refractivity contribution in [3.63, 3.8) is 0 Å². The fourth-order valence-electron chi connectivity index (χ4n) is 3.04. The highest BCUT2D eigenvalue weighted by Crippen LogP contribution is 2.34. The molecule has 0 saturated carbocycles. The van der Waals surface area contributed by atoms with Crippen LogP contribution < -0.4 is 0 Å². The Labute approximate surface area is 121 Å². The van der Waals surface area contributed by atoms with Crippen LogP contribution in [-0.2, 0) is 16.1 Å². The molecule has 1 atom stereocenters. The first kappa shape index (κ1) is 15.0. The van der Waals surface area contributed by atoms with Crippen LogP contribution in [0.3, 0.4) is 0 Å². The Morgan fingerprint density at radius 3 is 2.80 bits per heavy atom. The van der Waals surface area contributed by atoms with Crippen molar-refractivity contribution in [2.75, 3.05) is 13.2 Å². The van der Waals surface area contributed by atoms with Gasteiger partial charge in [0.25, 0.3) is 0 Å². The summed E-state index contributed by atoms with van der Waals surface area (Å²) in [7, 11) is 0. The zero-order chi connectivity index (χ0) is 14.4. The molecule has 3 nitrogen and oxygen atoms in total. The molecule has 1 unspecified atom stereocenters. The van der Waals surface area contributed by atoms with E-state index in [1.165, 1.54) is 18.4 Å². The first-order valence-corrected chi connectivity index (χ1v) is 7.58. The summed E-state index contributed by atoms with van der Waals surface area (Å²) in [6.45, 7) is 6.71. The molecule has 20 heavy (non-hydrogen) atoms. The van der Waals surface area contributed by atoms with Crippen LogP contribution in [0.4, 0.5) is 0 Å². The maximum atomic E-state index is 11.6. The van der Waals surface area contributed by atoms with Gasteiger partial charge in [-0.25, -0.2) is 0 Å². The number of hydrogen-bond donors (Lipinski definition) is 0. The van der Waals surface area contributed by atoms with Crippen molar-refractivity contribution in [1.82, 2.24) is 4.90 Å². The van der Waals surface area contributed by atoms with Gasteiger partial charge >= 0.3 is 5.97 Å². The van der Waals surface area contributed by atoms with E-state index in [-0.39, 0.29) is 11.5 Å². The Kier molecular flexibility index (Phi) is 5.18. The summed E-state index contributed by atoms with van der Waals surface area (Å²) in [6.07, 6.45) is 3.79. The standard InChI is InChI=1S/C17H25NO2/c1-3-20-16(19)10-12-17(2)11-7-13-18(17)14-15-8-5-4-6-9-15/h4-6,8-9H,3,7,10-14H2,1-2H3. The molecule has 1 fully saturated rings. The van der Waals surface area contributed by atoms with Crippen LogP contribution in [0.5, 0.6) is 0 Å². The van der Waals surface area contributed by atoms with E-state index >= 15 is 0 Å². The fraction of sp³-hybridized carbons (Fsp3) is 0.588. The van der Waals surface area contributed by atoms with Crippen molar-refractivity contribution in [1.29, 1.82) is 0 Å². The van der Waals surface area contributed by atoms with Gasteiger partial charge in [0.1, 0.15) is 0 Å². The lowest BCUT2D eigenvalue weighted by atomic mass is 9.92. The van der Waals surface area contributed by atoms with Crippen LogP contribution in [0.25, 0.3) is 0 Å². The molecule has 1 aromatic carbocycles. The number of rotatable bonds is 6. The van der Waals surface area contributed by atoms with Crippen molar-refractivity contribution in [3.05, 3.63) is 35.9 Å². The smallest absolute Gasteiger partial charge is 0.305 e. The number of nitrogens with zero attached hydrogens (tertiary/aromatic N) is 1. The maximum absolute atomic E-state index is 11.6. The van der Waals surface area contributed by atoms with Crippen molar-refractivity contribution < 1.29 is 9.53 Å². The summed E-state index contributed by atoms with van der Waals surface area (Å²) in [4.78, 5) is 14.1. The van der Waals surface area contributed by atoms with E-state index in [0.29, 0.717) is 13.0 Å². The van der Waals surface area contributed by atoms with Gasteiger partial charge in [0.05, 0.1) is 6.61 Å². The van der Waals surface area contributed by atoms with Gasteiger partial charge < -0.3 is 4.74 Å². The average molecular weight is 275 g/mol. The van der Waals surface area contributed by atoms with E-state index in [2.05, 4.69) is 36.1 Å². The third-order valence-corrected chi connectivity index (χ3v) is 4.30. The topological polar surface area (TPSA) is 29.5 Å². The Morgan fingerprint density at radius 2 is 2.10 bits per heavy atom. The first-order valence-electron chi connectivity index (χ1n) is 7.58. The molecule has 0 radical (unpaired) electrons. The predicted octanol–water partition coefficient (Wildman–Crippen LogP) is 3.38. The van der Waals surface area contributed by atoms with E-state index in [1.54, 1.807) is 0 Å². The van der Waals surface area contributed by atoms with E-state index in [4.69, 9.17) is 4.74 Å². The number of esters is 1. The highest BCUT2D eigenvalue weighted by molar-refractivity contribution is 5.69. The van der Waals surface area contributed by atoms with Crippen molar-refractivity contribution in [3.8, 4) is 0 Å². The average Bonchev–Trinajstić information content (AvgIpc) is 2.80. The van der Waals surface area contributed by atoms with Gasteiger partial charge in [-0.3, -0.25) is 9.69 Å². The molecule has 0 amide bonds. The minimum absolute atomic E-state index is 0.0692. The first-order chi connectivity index (χ1) is 9.64. The van der Waals surface area contributed by atoms with Crippen LogP contribution in [0.15, 0.2) is 30.3 Å². The molecule has 0 aromatic heterocycles. The van der Waals surface area contributed by atoms with E-state index in [9.17, 15) is 4.79 Å². The summed E-state index contributed by atoms with van der Waals surface area (Å²) in [5, 5.41) is 0. The maximum Gasteiger partial charge on any atom is 0.305 e. The summed E-state index contributed by atoms with van der Waals surface area (Å²) < 4.78 is 5.04. The third kappa shape index (κ3) is 3.83. The minimum atomic E-state index is -0.0692. The second-order valence-corrected chi connectivity index (χ2v) is 5.81. The SMILES string of the molecule is CCOC(=O)CCC1(C)CCCN1Cc1ccccc1. The van der Waals surface area contributed by atoms with Crippen LogP contribution in [0, 0.1) is 0 Å². The Balaban J connectivity index is 1.93. The molecule has 0 bridgehead atoms. The third-order valence-electron chi connectivity index (χ3n) is 4.30. The fourth-order valence-corrected chi connectivity index (χ4v) is 3.04. The molecule has 1 saturated heterocycles. The minimum Gasteiger partial charge on any atom is -0.466 e. The number of hydrogen-bond acceptors (Lipinski definition) is 3. The number of ether oxygens (including phenoxy) is 1. The zero-order valence-electron chi connectivity index (χ0n) is 12.6. The van der Waals surface area contributed by atoms with Gasteiger partial charge in [-0.05, 0) is 45.2 Å². The number of benzene rings is 1. The molecule has 2 rings (SSSR count). The molecule has 1 aliphatic rings. The molecule has 1 aliphatic heterocycles. The van der Waals surface area contributed by atoms with E-state index < -0.39 is 0 Å². The second-order valence-electron chi connectivity index (χ2n) is 5.81. The Hall–Kier alpha value is -1.35. The number of carbonyl (C=O) groups excluding carboxylic acids is 1. The van der Waals surface area contributed by atoms with Crippen molar-refractivity contribution in [2.45, 2.75) is 51.6 Å². The summed E-state index contributed by atoms with van der Waals surface area (Å²) in [5.74, 6) is -0.0692. The van der Waals surface area contributed by atoms with Crippen molar-refractivity contribution in [2.24, 2.45) is 0 Å². The lowest BCUT2D eigenvalue weighted by Gasteiger charge is -2.35.